The van der Waals surface area contributed by atoms with Crippen LogP contribution < -0.4 is 10.1 Å². The van der Waals surface area contributed by atoms with E-state index in [-0.39, 0.29) is 5.41 Å². The number of rotatable bonds is 7. The van der Waals surface area contributed by atoms with Gasteiger partial charge in [-0.25, -0.2) is 0 Å². The van der Waals surface area contributed by atoms with Crippen LogP contribution in [0.4, 0.5) is 0 Å². The number of likely N-dealkylation sites (N-methyl/N-ethyl adjacent to an activating group) is 1. The van der Waals surface area contributed by atoms with Crippen LogP contribution in [0.25, 0.3) is 0 Å². The first kappa shape index (κ1) is 16.4. The zero-order valence-electron chi connectivity index (χ0n) is 14.1. The summed E-state index contributed by atoms with van der Waals surface area (Å²) in [7, 11) is 2.05. The van der Waals surface area contributed by atoms with E-state index in [1.807, 2.05) is 0 Å². The lowest BCUT2D eigenvalue weighted by atomic mass is 9.82. The number of nitrogens with one attached hydrogen (secondary N) is 1. The molecule has 1 aromatic rings. The molecule has 0 bridgehead atoms. The number of benzene rings is 1. The largest absolute Gasteiger partial charge is 0.492 e. The van der Waals surface area contributed by atoms with Gasteiger partial charge in [-0.05, 0) is 55.3 Å². The molecule has 1 aromatic carbocycles. The van der Waals surface area contributed by atoms with Crippen molar-refractivity contribution in [2.75, 3.05) is 13.7 Å². The van der Waals surface area contributed by atoms with Crippen molar-refractivity contribution in [3.05, 3.63) is 29.8 Å². The van der Waals surface area contributed by atoms with Gasteiger partial charge < -0.3 is 10.1 Å². The summed E-state index contributed by atoms with van der Waals surface area (Å²) in [5.41, 5.74) is 1.63. The average Bonchev–Trinajstić information content (AvgIpc) is 3.03. The minimum absolute atomic E-state index is 0.246. The Morgan fingerprint density at radius 1 is 1.19 bits per heavy atom. The zero-order chi connectivity index (χ0) is 15.3. The molecule has 2 nitrogen and oxygen atoms in total. The third-order valence-corrected chi connectivity index (χ3v) is 5.29. The average molecular weight is 289 g/mol. The van der Waals surface area contributed by atoms with Gasteiger partial charge in [0, 0.05) is 6.04 Å². The zero-order valence-corrected chi connectivity index (χ0v) is 14.1. The molecule has 0 aliphatic heterocycles. The van der Waals surface area contributed by atoms with Crippen molar-refractivity contribution in [3.63, 3.8) is 0 Å². The van der Waals surface area contributed by atoms with E-state index in [0.29, 0.717) is 6.04 Å². The van der Waals surface area contributed by atoms with Crippen LogP contribution in [-0.4, -0.2) is 19.7 Å². The summed E-state index contributed by atoms with van der Waals surface area (Å²) in [6, 6.07) is 9.15. The van der Waals surface area contributed by atoms with E-state index in [4.69, 9.17) is 4.74 Å². The minimum atomic E-state index is 0.246. The first-order valence-electron chi connectivity index (χ1n) is 8.47. The molecule has 2 rings (SSSR count). The van der Waals surface area contributed by atoms with E-state index in [1.54, 1.807) is 0 Å². The third-order valence-electron chi connectivity index (χ3n) is 5.29. The Balaban J connectivity index is 1.91. The lowest BCUT2D eigenvalue weighted by Gasteiger charge is -2.25. The van der Waals surface area contributed by atoms with Crippen molar-refractivity contribution in [1.82, 2.24) is 5.32 Å². The quantitative estimate of drug-likeness (QED) is 0.796. The standard InChI is InChI=1S/C19H31NO/c1-5-19(2,3)16-10-12-17(13-11-16)21-14-18(20-4)15-8-6-7-9-15/h10-13,15,18,20H,5-9,14H2,1-4H3. The molecule has 1 unspecified atom stereocenters. The predicted octanol–water partition coefficient (Wildman–Crippen LogP) is 4.53. The Morgan fingerprint density at radius 2 is 1.81 bits per heavy atom. The van der Waals surface area contributed by atoms with Gasteiger partial charge in [-0.15, -0.1) is 0 Å². The molecule has 1 N–H and O–H groups in total. The van der Waals surface area contributed by atoms with Crippen LogP contribution in [0.15, 0.2) is 24.3 Å². The van der Waals surface area contributed by atoms with Crippen LogP contribution in [0.2, 0.25) is 0 Å². The van der Waals surface area contributed by atoms with Gasteiger partial charge in [0.1, 0.15) is 12.4 Å². The maximum atomic E-state index is 6.01. The van der Waals surface area contributed by atoms with Gasteiger partial charge in [0.2, 0.25) is 0 Å². The molecule has 1 aliphatic rings. The highest BCUT2D eigenvalue weighted by Crippen LogP contribution is 2.29. The summed E-state index contributed by atoms with van der Waals surface area (Å²) in [5.74, 6) is 1.78. The van der Waals surface area contributed by atoms with Crippen LogP contribution in [0.1, 0.15) is 58.4 Å². The SMILES string of the molecule is CCC(C)(C)c1ccc(OCC(NC)C2CCCC2)cc1. The smallest absolute Gasteiger partial charge is 0.119 e. The van der Waals surface area contributed by atoms with Crippen molar-refractivity contribution < 1.29 is 4.74 Å². The van der Waals surface area contributed by atoms with Crippen LogP contribution >= 0.6 is 0 Å². The number of hydrogen-bond donors (Lipinski definition) is 1. The Kier molecular flexibility index (Phi) is 5.69. The predicted molar refractivity (Wildman–Crippen MR) is 90.1 cm³/mol. The van der Waals surface area contributed by atoms with E-state index in [9.17, 15) is 0 Å². The summed E-state index contributed by atoms with van der Waals surface area (Å²) in [6.07, 6.45) is 6.60. The summed E-state index contributed by atoms with van der Waals surface area (Å²) >= 11 is 0. The van der Waals surface area contributed by atoms with Gasteiger partial charge in [-0.1, -0.05) is 45.7 Å². The molecule has 1 atom stereocenters. The molecule has 0 spiro atoms. The molecule has 0 radical (unpaired) electrons. The van der Waals surface area contributed by atoms with Crippen molar-refractivity contribution >= 4 is 0 Å². The Labute approximate surface area is 130 Å². The Hall–Kier alpha value is -1.02. The van der Waals surface area contributed by atoms with Crippen LogP contribution in [0, 0.1) is 5.92 Å². The van der Waals surface area contributed by atoms with Gasteiger partial charge in [-0.2, -0.15) is 0 Å². The van der Waals surface area contributed by atoms with Gasteiger partial charge >= 0.3 is 0 Å². The normalized spacial score (nSPS) is 17.9. The minimum Gasteiger partial charge on any atom is -0.492 e. The first-order valence-corrected chi connectivity index (χ1v) is 8.47. The second kappa shape index (κ2) is 7.31. The molecule has 21 heavy (non-hydrogen) atoms. The van der Waals surface area contributed by atoms with Gasteiger partial charge in [0.05, 0.1) is 0 Å². The van der Waals surface area contributed by atoms with Gasteiger partial charge in [0.15, 0.2) is 0 Å². The second-order valence-corrected chi connectivity index (χ2v) is 7.01. The summed E-state index contributed by atoms with van der Waals surface area (Å²) in [6.45, 7) is 7.60. The monoisotopic (exact) mass is 289 g/mol. The van der Waals surface area contributed by atoms with E-state index in [1.165, 1.54) is 31.2 Å². The lowest BCUT2D eigenvalue weighted by molar-refractivity contribution is 0.225. The second-order valence-electron chi connectivity index (χ2n) is 7.01. The first-order chi connectivity index (χ1) is 10.1. The summed E-state index contributed by atoms with van der Waals surface area (Å²) in [5, 5.41) is 3.43. The van der Waals surface area contributed by atoms with Crippen molar-refractivity contribution in [1.29, 1.82) is 0 Å². The number of hydrogen-bond acceptors (Lipinski definition) is 2. The maximum Gasteiger partial charge on any atom is 0.119 e. The maximum absolute atomic E-state index is 6.01. The topological polar surface area (TPSA) is 21.3 Å². The van der Waals surface area contributed by atoms with E-state index in [2.05, 4.69) is 57.4 Å². The van der Waals surface area contributed by atoms with Gasteiger partial charge in [-0.3, -0.25) is 0 Å². The van der Waals surface area contributed by atoms with Crippen LogP contribution in [0.3, 0.4) is 0 Å². The fourth-order valence-corrected chi connectivity index (χ4v) is 3.21. The third kappa shape index (κ3) is 4.23. The highest BCUT2D eigenvalue weighted by Gasteiger charge is 2.24. The van der Waals surface area contributed by atoms with Crippen LogP contribution in [0.5, 0.6) is 5.75 Å². The lowest BCUT2D eigenvalue weighted by Crippen LogP contribution is -2.37. The van der Waals surface area contributed by atoms with Crippen molar-refractivity contribution in [3.8, 4) is 5.75 Å². The molecule has 0 aromatic heterocycles. The van der Waals surface area contributed by atoms with E-state index in [0.717, 1.165) is 24.7 Å². The molecule has 1 aliphatic carbocycles. The molecule has 1 fully saturated rings. The Bertz CT molecular complexity index is 418. The molecule has 0 saturated heterocycles. The molecule has 2 heteroatoms. The van der Waals surface area contributed by atoms with Crippen LogP contribution in [-0.2, 0) is 5.41 Å². The molecule has 118 valence electrons. The summed E-state index contributed by atoms with van der Waals surface area (Å²) < 4.78 is 6.01. The molecule has 0 amide bonds. The molecule has 0 heterocycles. The van der Waals surface area contributed by atoms with Crippen molar-refractivity contribution in [2.45, 2.75) is 64.3 Å². The Morgan fingerprint density at radius 3 is 2.33 bits per heavy atom. The summed E-state index contributed by atoms with van der Waals surface area (Å²) in [4.78, 5) is 0. The highest BCUT2D eigenvalue weighted by atomic mass is 16.5. The van der Waals surface area contributed by atoms with Crippen molar-refractivity contribution in [2.24, 2.45) is 5.92 Å². The molecular formula is C19H31NO. The number of ether oxygens (including phenoxy) is 1. The van der Waals surface area contributed by atoms with E-state index >= 15 is 0 Å². The fraction of sp³-hybridized carbons (Fsp3) is 0.684. The molecular weight excluding hydrogens is 258 g/mol. The highest BCUT2D eigenvalue weighted by molar-refractivity contribution is 5.31. The molecule has 1 saturated carbocycles. The van der Waals surface area contributed by atoms with Gasteiger partial charge in [0.25, 0.3) is 0 Å². The van der Waals surface area contributed by atoms with E-state index < -0.39 is 0 Å². The fourth-order valence-electron chi connectivity index (χ4n) is 3.21.